The molecule has 25 heavy (non-hydrogen) atoms. The van der Waals surface area contributed by atoms with E-state index in [0.29, 0.717) is 22.7 Å². The van der Waals surface area contributed by atoms with E-state index >= 15 is 0 Å². The molecular formula is C18H18N4O2S. The minimum atomic E-state index is -3.54. The summed E-state index contributed by atoms with van der Waals surface area (Å²) < 4.78 is 28.6. The lowest BCUT2D eigenvalue weighted by Crippen LogP contribution is -2.25. The van der Waals surface area contributed by atoms with Gasteiger partial charge in [-0.1, -0.05) is 53.2 Å². The van der Waals surface area contributed by atoms with Crippen molar-refractivity contribution in [3.05, 3.63) is 65.4 Å². The van der Waals surface area contributed by atoms with E-state index in [-0.39, 0.29) is 6.54 Å². The molecule has 0 atom stereocenters. The third kappa shape index (κ3) is 2.65. The van der Waals surface area contributed by atoms with Crippen LogP contribution in [0.25, 0.3) is 11.3 Å². The minimum Gasteiger partial charge on any atom is -0.240 e. The second-order valence-corrected chi connectivity index (χ2v) is 8.30. The highest BCUT2D eigenvalue weighted by Gasteiger charge is 2.32. The third-order valence-corrected chi connectivity index (χ3v) is 6.32. The molecule has 7 heteroatoms. The summed E-state index contributed by atoms with van der Waals surface area (Å²) in [6, 6.07) is 15.2. The van der Waals surface area contributed by atoms with Crippen LogP contribution in [-0.2, 0) is 23.1 Å². The van der Waals surface area contributed by atoms with Gasteiger partial charge < -0.3 is 0 Å². The van der Waals surface area contributed by atoms with Gasteiger partial charge in [-0.2, -0.15) is 4.31 Å². The van der Waals surface area contributed by atoms with Gasteiger partial charge in [-0.05, 0) is 18.6 Å². The van der Waals surface area contributed by atoms with Crippen molar-refractivity contribution in [3.63, 3.8) is 0 Å². The summed E-state index contributed by atoms with van der Waals surface area (Å²) in [7, 11) is -1.97. The van der Waals surface area contributed by atoms with Gasteiger partial charge in [0, 0.05) is 12.6 Å². The zero-order valence-corrected chi connectivity index (χ0v) is 14.9. The summed E-state index contributed by atoms with van der Waals surface area (Å²) in [5.74, 6) is 0. The van der Waals surface area contributed by atoms with E-state index in [2.05, 4.69) is 34.6 Å². The predicted molar refractivity (Wildman–Crippen MR) is 94.4 cm³/mol. The summed E-state index contributed by atoms with van der Waals surface area (Å²) in [4.78, 5) is 0.295. The highest BCUT2D eigenvalue weighted by Crippen LogP contribution is 2.35. The van der Waals surface area contributed by atoms with Crippen molar-refractivity contribution >= 4 is 10.0 Å². The lowest BCUT2D eigenvalue weighted by Gasteiger charge is -2.14. The molecule has 0 N–H and O–H groups in total. The summed E-state index contributed by atoms with van der Waals surface area (Å²) in [5, 5.41) is 8.54. The van der Waals surface area contributed by atoms with Crippen LogP contribution >= 0.6 is 0 Å². The predicted octanol–water partition coefficient (Wildman–Crippen LogP) is 2.44. The van der Waals surface area contributed by atoms with Crippen molar-refractivity contribution in [1.82, 2.24) is 19.3 Å². The third-order valence-electron chi connectivity index (χ3n) is 4.46. The summed E-state index contributed by atoms with van der Waals surface area (Å²) in [6.07, 6.45) is 0. The monoisotopic (exact) mass is 354 g/mol. The quantitative estimate of drug-likeness (QED) is 0.709. The fourth-order valence-corrected chi connectivity index (χ4v) is 4.40. The molecule has 2 aromatic carbocycles. The molecule has 0 amide bonds. The molecule has 0 aliphatic carbocycles. The molecule has 1 aliphatic rings. The Morgan fingerprint density at radius 3 is 2.56 bits per heavy atom. The average molecular weight is 354 g/mol. The van der Waals surface area contributed by atoms with Gasteiger partial charge in [0.05, 0.1) is 23.7 Å². The molecule has 0 fully saturated rings. The molecule has 0 saturated heterocycles. The van der Waals surface area contributed by atoms with Crippen molar-refractivity contribution in [3.8, 4) is 11.3 Å². The molecule has 0 unspecified atom stereocenters. The average Bonchev–Trinajstić information content (AvgIpc) is 2.95. The number of benzene rings is 2. The first kappa shape index (κ1) is 16.0. The van der Waals surface area contributed by atoms with Crippen molar-refractivity contribution in [2.45, 2.75) is 24.9 Å². The first-order valence-corrected chi connectivity index (χ1v) is 9.44. The second-order valence-electron chi connectivity index (χ2n) is 6.29. The standard InChI is InChI=1S/C18H18N4O2S/c1-13-7-9-14(10-8-13)11-22-18-15-5-3-4-6-17(15)25(23,24)21(2)12-16(18)19-20-22/h3-10H,11-12H2,1-2H3. The molecule has 6 nitrogen and oxygen atoms in total. The molecule has 0 bridgehead atoms. The van der Waals surface area contributed by atoms with Crippen LogP contribution < -0.4 is 0 Å². The number of aromatic nitrogens is 3. The zero-order chi connectivity index (χ0) is 17.6. The molecule has 2 heterocycles. The van der Waals surface area contributed by atoms with Gasteiger partial charge in [-0.15, -0.1) is 5.10 Å². The van der Waals surface area contributed by atoms with E-state index in [1.54, 1.807) is 23.9 Å². The minimum absolute atomic E-state index is 0.209. The Labute approximate surface area is 146 Å². The summed E-state index contributed by atoms with van der Waals surface area (Å²) in [5.41, 5.74) is 4.38. The lowest BCUT2D eigenvalue weighted by atomic mass is 10.1. The normalized spacial score (nSPS) is 16.1. The largest absolute Gasteiger partial charge is 0.243 e. The number of hydrogen-bond donors (Lipinski definition) is 0. The lowest BCUT2D eigenvalue weighted by molar-refractivity contribution is 0.464. The van der Waals surface area contributed by atoms with Crippen LogP contribution in [0.2, 0.25) is 0 Å². The van der Waals surface area contributed by atoms with Gasteiger partial charge in [-0.25, -0.2) is 13.1 Å². The maximum Gasteiger partial charge on any atom is 0.243 e. The van der Waals surface area contributed by atoms with Crippen LogP contribution in [0.15, 0.2) is 53.4 Å². The van der Waals surface area contributed by atoms with E-state index < -0.39 is 10.0 Å². The van der Waals surface area contributed by atoms with Crippen LogP contribution in [-0.4, -0.2) is 34.8 Å². The summed E-state index contributed by atoms with van der Waals surface area (Å²) in [6.45, 7) is 2.79. The van der Waals surface area contributed by atoms with Crippen molar-refractivity contribution in [2.24, 2.45) is 0 Å². The van der Waals surface area contributed by atoms with Gasteiger partial charge in [0.1, 0.15) is 5.69 Å². The molecule has 1 aromatic heterocycles. The SMILES string of the molecule is Cc1ccc(Cn2nnc3c2-c2ccccc2S(=O)(=O)N(C)C3)cc1. The molecule has 0 radical (unpaired) electrons. The maximum atomic E-state index is 12.8. The van der Waals surface area contributed by atoms with Crippen molar-refractivity contribution in [2.75, 3.05) is 7.05 Å². The Bertz CT molecular complexity index is 1040. The highest BCUT2D eigenvalue weighted by molar-refractivity contribution is 7.89. The van der Waals surface area contributed by atoms with Gasteiger partial charge in [0.2, 0.25) is 10.0 Å². The van der Waals surface area contributed by atoms with E-state index in [4.69, 9.17) is 0 Å². The van der Waals surface area contributed by atoms with Gasteiger partial charge in [0.25, 0.3) is 0 Å². The molecule has 3 aromatic rings. The molecular weight excluding hydrogens is 336 g/mol. The van der Waals surface area contributed by atoms with Crippen LogP contribution in [0.1, 0.15) is 16.8 Å². The van der Waals surface area contributed by atoms with Gasteiger partial charge >= 0.3 is 0 Å². The first-order valence-electron chi connectivity index (χ1n) is 8.00. The highest BCUT2D eigenvalue weighted by atomic mass is 32.2. The number of aryl methyl sites for hydroxylation is 1. The molecule has 0 saturated carbocycles. The van der Waals surface area contributed by atoms with E-state index in [0.717, 1.165) is 11.3 Å². The molecule has 1 aliphatic heterocycles. The smallest absolute Gasteiger partial charge is 0.240 e. The maximum absolute atomic E-state index is 12.8. The number of sulfonamides is 1. The van der Waals surface area contributed by atoms with Gasteiger partial charge in [-0.3, -0.25) is 0 Å². The van der Waals surface area contributed by atoms with Crippen molar-refractivity contribution in [1.29, 1.82) is 0 Å². The second kappa shape index (κ2) is 5.79. The Balaban J connectivity index is 1.88. The topological polar surface area (TPSA) is 68.1 Å². The van der Waals surface area contributed by atoms with E-state index in [9.17, 15) is 8.42 Å². The first-order chi connectivity index (χ1) is 12.0. The van der Waals surface area contributed by atoms with Gasteiger partial charge in [0.15, 0.2) is 0 Å². The van der Waals surface area contributed by atoms with E-state index in [1.165, 1.54) is 9.87 Å². The van der Waals surface area contributed by atoms with Crippen LogP contribution in [0, 0.1) is 6.92 Å². The van der Waals surface area contributed by atoms with Crippen LogP contribution in [0.4, 0.5) is 0 Å². The number of nitrogens with zero attached hydrogens (tertiary/aromatic N) is 4. The number of fused-ring (bicyclic) bond motifs is 3. The van der Waals surface area contributed by atoms with E-state index in [1.807, 2.05) is 19.1 Å². The van der Waals surface area contributed by atoms with Crippen LogP contribution in [0.5, 0.6) is 0 Å². The Hall–Kier alpha value is -2.51. The summed E-state index contributed by atoms with van der Waals surface area (Å²) >= 11 is 0. The molecule has 4 rings (SSSR count). The van der Waals surface area contributed by atoms with Crippen molar-refractivity contribution < 1.29 is 8.42 Å². The number of hydrogen-bond acceptors (Lipinski definition) is 4. The Morgan fingerprint density at radius 2 is 1.80 bits per heavy atom. The fourth-order valence-electron chi connectivity index (χ4n) is 3.08. The molecule has 0 spiro atoms. The Morgan fingerprint density at radius 1 is 1.08 bits per heavy atom. The number of rotatable bonds is 2. The Kier molecular flexibility index (Phi) is 3.70. The van der Waals surface area contributed by atoms with Crippen LogP contribution in [0.3, 0.4) is 0 Å². The molecule has 128 valence electrons. The fraction of sp³-hybridized carbons (Fsp3) is 0.222. The zero-order valence-electron chi connectivity index (χ0n) is 14.0.